The third-order valence-electron chi connectivity index (χ3n) is 7.15. The van der Waals surface area contributed by atoms with Crippen molar-refractivity contribution in [1.29, 1.82) is 0 Å². The highest BCUT2D eigenvalue weighted by atomic mass is 16.5. The van der Waals surface area contributed by atoms with E-state index in [4.69, 9.17) is 28.4 Å². The minimum absolute atomic E-state index is 0.0686. The summed E-state index contributed by atoms with van der Waals surface area (Å²) >= 11 is 0. The van der Waals surface area contributed by atoms with Crippen molar-refractivity contribution in [3.05, 3.63) is 89.5 Å². The number of rotatable bonds is 18. The van der Waals surface area contributed by atoms with E-state index in [-0.39, 0.29) is 6.10 Å². The number of hydrogen-bond donors (Lipinski definition) is 2. The van der Waals surface area contributed by atoms with Gasteiger partial charge in [0.15, 0.2) is 0 Å². The lowest BCUT2D eigenvalue weighted by Gasteiger charge is -2.32. The van der Waals surface area contributed by atoms with Crippen LogP contribution in [0.3, 0.4) is 0 Å². The van der Waals surface area contributed by atoms with Crippen LogP contribution < -0.4 is 19.5 Å². The van der Waals surface area contributed by atoms with Crippen molar-refractivity contribution in [3.8, 4) is 17.2 Å². The first kappa shape index (κ1) is 31.8. The second-order valence-corrected chi connectivity index (χ2v) is 10.5. The van der Waals surface area contributed by atoms with Gasteiger partial charge >= 0.3 is 0 Å². The number of ether oxygens (including phenoxy) is 6. The quantitative estimate of drug-likeness (QED) is 0.201. The van der Waals surface area contributed by atoms with Crippen molar-refractivity contribution in [3.63, 3.8) is 0 Å². The fraction of sp³-hybridized carbons (Fsp3) is 0.471. The Morgan fingerprint density at radius 1 is 0.810 bits per heavy atom. The fourth-order valence-electron chi connectivity index (χ4n) is 5.01. The molecule has 0 saturated carbocycles. The van der Waals surface area contributed by atoms with Crippen molar-refractivity contribution in [2.75, 3.05) is 53.2 Å². The first-order valence-corrected chi connectivity index (χ1v) is 14.8. The monoisotopic (exact) mass is 579 g/mol. The van der Waals surface area contributed by atoms with Gasteiger partial charge in [0.25, 0.3) is 0 Å². The van der Waals surface area contributed by atoms with E-state index in [2.05, 4.69) is 17.4 Å². The fourth-order valence-corrected chi connectivity index (χ4v) is 5.01. The zero-order valence-electron chi connectivity index (χ0n) is 24.8. The van der Waals surface area contributed by atoms with Gasteiger partial charge in [0, 0.05) is 30.0 Å². The number of nitrogens with one attached hydrogen (secondary N) is 1. The Labute approximate surface area is 249 Å². The van der Waals surface area contributed by atoms with Gasteiger partial charge in [0.05, 0.1) is 59.0 Å². The maximum atomic E-state index is 9.43. The van der Waals surface area contributed by atoms with Gasteiger partial charge in [0.2, 0.25) is 0 Å². The Bertz CT molecular complexity index is 1170. The topological polar surface area (TPSA) is 87.6 Å². The van der Waals surface area contributed by atoms with Gasteiger partial charge in [-0.2, -0.15) is 0 Å². The summed E-state index contributed by atoms with van der Waals surface area (Å²) in [5, 5.41) is 12.9. The van der Waals surface area contributed by atoms with Gasteiger partial charge in [-0.1, -0.05) is 48.5 Å². The molecule has 3 atom stereocenters. The van der Waals surface area contributed by atoms with E-state index in [1.54, 1.807) is 14.0 Å². The van der Waals surface area contributed by atoms with Gasteiger partial charge in [-0.25, -0.2) is 0 Å². The van der Waals surface area contributed by atoms with Crippen LogP contribution in [0, 0.1) is 0 Å². The molecule has 2 N–H and O–H groups in total. The van der Waals surface area contributed by atoms with Crippen molar-refractivity contribution < 1.29 is 33.5 Å². The number of para-hydroxylation sites is 2. The lowest BCUT2D eigenvalue weighted by Crippen LogP contribution is -2.41. The molecule has 1 aliphatic heterocycles. The molecular formula is C34H45NO7. The van der Waals surface area contributed by atoms with Crippen LogP contribution in [0.2, 0.25) is 0 Å². The summed E-state index contributed by atoms with van der Waals surface area (Å²) in [6.45, 7) is 6.86. The van der Waals surface area contributed by atoms with Crippen LogP contribution in [0.25, 0.3) is 0 Å². The molecule has 4 rings (SSSR count). The van der Waals surface area contributed by atoms with Crippen LogP contribution in [0.5, 0.6) is 17.2 Å². The minimum atomic E-state index is -0.492. The molecule has 3 aromatic rings. The second kappa shape index (κ2) is 17.7. The van der Waals surface area contributed by atoms with Crippen LogP contribution in [0.4, 0.5) is 0 Å². The van der Waals surface area contributed by atoms with E-state index in [1.165, 1.54) is 5.56 Å². The largest absolute Gasteiger partial charge is 0.496 e. The normalized spacial score (nSPS) is 17.5. The zero-order chi connectivity index (χ0) is 29.4. The molecule has 42 heavy (non-hydrogen) atoms. The lowest BCUT2D eigenvalue weighted by atomic mass is 9.88. The van der Waals surface area contributed by atoms with Crippen molar-refractivity contribution in [1.82, 2.24) is 5.32 Å². The van der Waals surface area contributed by atoms with Crippen LogP contribution in [0.15, 0.2) is 72.8 Å². The van der Waals surface area contributed by atoms with Crippen molar-refractivity contribution >= 4 is 0 Å². The highest BCUT2D eigenvalue weighted by molar-refractivity contribution is 5.33. The molecular weight excluding hydrogens is 534 g/mol. The average Bonchev–Trinajstić information content (AvgIpc) is 3.02. The number of hydrogen-bond acceptors (Lipinski definition) is 8. The van der Waals surface area contributed by atoms with Crippen LogP contribution in [-0.4, -0.2) is 70.5 Å². The SMILES string of the molecule is COc1ccccc1COCCCOc1ccc([C@H]2CCNC[C@@H]2OCCOc2ccccc2COC[C@H](C)O)cc1. The van der Waals surface area contributed by atoms with Crippen LogP contribution in [0.1, 0.15) is 42.4 Å². The maximum absolute atomic E-state index is 9.43. The Hall–Kier alpha value is -3.14. The Balaban J connectivity index is 1.17. The predicted octanol–water partition coefficient (Wildman–Crippen LogP) is 5.12. The van der Waals surface area contributed by atoms with E-state index >= 15 is 0 Å². The molecule has 228 valence electrons. The summed E-state index contributed by atoms with van der Waals surface area (Å²) in [5.41, 5.74) is 3.26. The Kier molecular flexibility index (Phi) is 13.4. The third kappa shape index (κ3) is 10.3. The number of aliphatic hydroxyl groups is 1. The summed E-state index contributed by atoms with van der Waals surface area (Å²) in [4.78, 5) is 0. The van der Waals surface area contributed by atoms with Gasteiger partial charge in [-0.15, -0.1) is 0 Å². The van der Waals surface area contributed by atoms with E-state index in [0.717, 1.165) is 54.3 Å². The minimum Gasteiger partial charge on any atom is -0.496 e. The number of methoxy groups -OCH3 is 1. The molecule has 0 aliphatic carbocycles. The zero-order valence-corrected chi connectivity index (χ0v) is 24.8. The molecule has 8 nitrogen and oxygen atoms in total. The molecule has 0 bridgehead atoms. The first-order valence-electron chi connectivity index (χ1n) is 14.8. The maximum Gasteiger partial charge on any atom is 0.124 e. The molecule has 1 heterocycles. The smallest absolute Gasteiger partial charge is 0.124 e. The van der Waals surface area contributed by atoms with Gasteiger partial charge in [-0.05, 0) is 49.7 Å². The standard InChI is InChI=1S/C34H45NO7/c1-26(36)23-39-25-29-9-4-6-11-33(29)41-20-21-42-34-22-35-17-16-31(34)27-12-14-30(15-13-27)40-19-7-18-38-24-28-8-3-5-10-32(28)37-2/h3-6,8-15,26,31,34-36H,7,16-25H2,1-2H3/t26-,31+,34-/m0/s1. The lowest BCUT2D eigenvalue weighted by molar-refractivity contribution is 0.00644. The molecule has 1 fully saturated rings. The molecule has 1 saturated heterocycles. The highest BCUT2D eigenvalue weighted by Crippen LogP contribution is 2.29. The summed E-state index contributed by atoms with van der Waals surface area (Å²) in [6, 6.07) is 24.1. The van der Waals surface area contributed by atoms with Gasteiger partial charge in [-0.3, -0.25) is 0 Å². The molecule has 0 amide bonds. The molecule has 0 unspecified atom stereocenters. The van der Waals surface area contributed by atoms with E-state index in [9.17, 15) is 5.11 Å². The van der Waals surface area contributed by atoms with E-state index < -0.39 is 6.10 Å². The first-order chi connectivity index (χ1) is 20.6. The van der Waals surface area contributed by atoms with Crippen molar-refractivity contribution in [2.45, 2.75) is 51.1 Å². The van der Waals surface area contributed by atoms with Gasteiger partial charge in [0.1, 0.15) is 23.9 Å². The van der Waals surface area contributed by atoms with Gasteiger partial charge < -0.3 is 38.8 Å². The second-order valence-electron chi connectivity index (χ2n) is 10.5. The average molecular weight is 580 g/mol. The summed E-state index contributed by atoms with van der Waals surface area (Å²) in [7, 11) is 1.67. The Morgan fingerprint density at radius 3 is 2.29 bits per heavy atom. The molecule has 0 spiro atoms. The molecule has 0 aromatic heterocycles. The van der Waals surface area contributed by atoms with Crippen LogP contribution >= 0.6 is 0 Å². The van der Waals surface area contributed by atoms with Crippen LogP contribution in [-0.2, 0) is 27.4 Å². The molecule has 8 heteroatoms. The van der Waals surface area contributed by atoms with E-state index in [0.29, 0.717) is 52.2 Å². The summed E-state index contributed by atoms with van der Waals surface area (Å²) in [5.74, 6) is 2.80. The number of piperidine rings is 1. The molecule has 0 radical (unpaired) electrons. The molecule has 1 aliphatic rings. The number of aliphatic hydroxyl groups excluding tert-OH is 1. The molecule has 3 aromatic carbocycles. The third-order valence-corrected chi connectivity index (χ3v) is 7.15. The Morgan fingerprint density at radius 2 is 1.52 bits per heavy atom. The summed E-state index contributed by atoms with van der Waals surface area (Å²) < 4.78 is 35.0. The van der Waals surface area contributed by atoms with E-state index in [1.807, 2.05) is 60.7 Å². The number of benzene rings is 3. The predicted molar refractivity (Wildman–Crippen MR) is 162 cm³/mol. The highest BCUT2D eigenvalue weighted by Gasteiger charge is 2.27. The summed E-state index contributed by atoms with van der Waals surface area (Å²) in [6.07, 6.45) is 1.40. The van der Waals surface area contributed by atoms with Crippen molar-refractivity contribution in [2.24, 2.45) is 0 Å².